The first kappa shape index (κ1) is 19.2. The van der Waals surface area contributed by atoms with Crippen molar-refractivity contribution in [1.29, 1.82) is 0 Å². The summed E-state index contributed by atoms with van der Waals surface area (Å²) in [5, 5.41) is 3.24. The molecular formula is C18H25NO3S. The van der Waals surface area contributed by atoms with E-state index in [1.807, 2.05) is 33.8 Å². The van der Waals surface area contributed by atoms with Crippen LogP contribution < -0.4 is 5.32 Å². The zero-order valence-corrected chi connectivity index (χ0v) is 15.5. The molecule has 0 fully saturated rings. The Morgan fingerprint density at radius 3 is 2.57 bits per heavy atom. The van der Waals surface area contributed by atoms with E-state index in [4.69, 9.17) is 4.74 Å². The van der Waals surface area contributed by atoms with Crippen LogP contribution in [0.4, 0.5) is 5.69 Å². The van der Waals surface area contributed by atoms with Gasteiger partial charge >= 0.3 is 5.97 Å². The molecule has 0 saturated carbocycles. The molecule has 23 heavy (non-hydrogen) atoms. The molecule has 1 heterocycles. The van der Waals surface area contributed by atoms with Crippen LogP contribution in [0.2, 0.25) is 0 Å². The second kappa shape index (κ2) is 8.16. The lowest BCUT2D eigenvalue weighted by atomic mass is 9.98. The van der Waals surface area contributed by atoms with E-state index in [0.717, 1.165) is 10.6 Å². The Bertz CT molecular complexity index is 629. The first-order chi connectivity index (χ1) is 10.6. The van der Waals surface area contributed by atoms with E-state index >= 15 is 0 Å². The number of hydrogen-bond acceptors (Lipinski definition) is 5. The van der Waals surface area contributed by atoms with Gasteiger partial charge in [-0.25, -0.2) is 4.79 Å². The van der Waals surface area contributed by atoms with Crippen molar-refractivity contribution in [2.24, 2.45) is 11.3 Å². The van der Waals surface area contributed by atoms with Crippen LogP contribution in [0.25, 0.3) is 0 Å². The third-order valence-corrected chi connectivity index (χ3v) is 3.97. The Morgan fingerprint density at radius 1 is 1.39 bits per heavy atom. The number of thiophene rings is 1. The highest BCUT2D eigenvalue weighted by molar-refractivity contribution is 7.15. The first-order valence-corrected chi connectivity index (χ1v) is 8.42. The minimum absolute atomic E-state index is 0.0982. The predicted octanol–water partition coefficient (Wildman–Crippen LogP) is 3.96. The number of hydrogen-bond donors (Lipinski definition) is 1. The summed E-state index contributed by atoms with van der Waals surface area (Å²) in [6, 6.07) is 1.87. The molecule has 0 aliphatic heterocycles. The fourth-order valence-electron chi connectivity index (χ4n) is 1.92. The molecule has 1 rings (SSSR count). The Morgan fingerprint density at radius 2 is 2.04 bits per heavy atom. The number of rotatable bonds is 6. The zero-order chi connectivity index (χ0) is 17.6. The lowest BCUT2D eigenvalue weighted by Crippen LogP contribution is -2.15. The summed E-state index contributed by atoms with van der Waals surface area (Å²) in [6.45, 7) is 10.3. The number of Topliss-reactive ketones (excluding diaryl/α,β-unsaturated/α-hetero) is 1. The van der Waals surface area contributed by atoms with Crippen LogP contribution in [-0.4, -0.2) is 25.4 Å². The lowest BCUT2D eigenvalue weighted by molar-refractivity contribution is -0.117. The number of carbonyl (C=O) groups excluding carboxylic acids is 2. The van der Waals surface area contributed by atoms with Gasteiger partial charge in [-0.3, -0.25) is 0 Å². The second-order valence-electron chi connectivity index (χ2n) is 6.74. The molecule has 1 unspecified atom stereocenters. The van der Waals surface area contributed by atoms with Crippen LogP contribution in [0.3, 0.4) is 0 Å². The Balaban J connectivity index is 2.95. The normalized spacial score (nSPS) is 12.1. The molecule has 0 radical (unpaired) electrons. The van der Waals surface area contributed by atoms with E-state index in [1.165, 1.54) is 18.4 Å². The molecule has 0 saturated heterocycles. The fourth-order valence-corrected chi connectivity index (χ4v) is 2.83. The molecule has 5 heteroatoms. The van der Waals surface area contributed by atoms with Gasteiger partial charge in [0.25, 0.3) is 0 Å². The largest absolute Gasteiger partial charge is 0.465 e. The Kier molecular flexibility index (Phi) is 6.83. The van der Waals surface area contributed by atoms with Gasteiger partial charge in [0.2, 0.25) is 0 Å². The highest BCUT2D eigenvalue weighted by Gasteiger charge is 2.17. The summed E-state index contributed by atoms with van der Waals surface area (Å²) in [6.07, 6.45) is 0.515. The average molecular weight is 335 g/mol. The van der Waals surface area contributed by atoms with Gasteiger partial charge in [0.1, 0.15) is 10.7 Å². The number of nitrogens with one attached hydrogen (secondary N) is 1. The van der Waals surface area contributed by atoms with Crippen molar-refractivity contribution >= 4 is 28.8 Å². The van der Waals surface area contributed by atoms with Crippen LogP contribution in [0.1, 0.15) is 55.6 Å². The molecule has 4 nitrogen and oxygen atoms in total. The van der Waals surface area contributed by atoms with Crippen LogP contribution in [0.5, 0.6) is 0 Å². The number of carbonyl (C=O) groups is 2. The van der Waals surface area contributed by atoms with E-state index in [2.05, 4.69) is 17.2 Å². The average Bonchev–Trinajstić information content (AvgIpc) is 2.84. The van der Waals surface area contributed by atoms with Gasteiger partial charge in [0.05, 0.1) is 17.7 Å². The molecule has 0 bridgehead atoms. The van der Waals surface area contributed by atoms with E-state index in [-0.39, 0.29) is 23.1 Å². The Labute approximate surface area is 142 Å². The standard InChI is InChI=1S/C18H25NO3S/c1-12(9-13(2)20)11-19-15-10-14(7-8-18(3,4)5)23-16(15)17(21)22-6/h10,12,19H,9,11H2,1-6H3. The maximum absolute atomic E-state index is 11.9. The SMILES string of the molecule is COC(=O)c1sc(C#CC(C)(C)C)cc1NCC(C)CC(C)=O. The molecule has 1 N–H and O–H groups in total. The second-order valence-corrected chi connectivity index (χ2v) is 7.79. The molecule has 0 aromatic carbocycles. The molecule has 1 aromatic rings. The highest BCUT2D eigenvalue weighted by atomic mass is 32.1. The summed E-state index contributed by atoms with van der Waals surface area (Å²) >= 11 is 1.32. The summed E-state index contributed by atoms with van der Waals surface area (Å²) in [5.41, 5.74) is 0.620. The van der Waals surface area contributed by atoms with Gasteiger partial charge in [0, 0.05) is 18.4 Å². The minimum Gasteiger partial charge on any atom is -0.465 e. The van der Waals surface area contributed by atoms with Crippen molar-refractivity contribution in [3.05, 3.63) is 15.8 Å². The van der Waals surface area contributed by atoms with Gasteiger partial charge in [-0.1, -0.05) is 18.8 Å². The third-order valence-electron chi connectivity index (χ3n) is 2.94. The lowest BCUT2D eigenvalue weighted by Gasteiger charge is -2.11. The van der Waals surface area contributed by atoms with Crippen molar-refractivity contribution in [3.63, 3.8) is 0 Å². The summed E-state index contributed by atoms with van der Waals surface area (Å²) in [7, 11) is 1.37. The molecule has 1 aromatic heterocycles. The summed E-state index contributed by atoms with van der Waals surface area (Å²) in [4.78, 5) is 24.4. The summed E-state index contributed by atoms with van der Waals surface area (Å²) in [5.74, 6) is 6.26. The number of ether oxygens (including phenoxy) is 1. The van der Waals surface area contributed by atoms with Gasteiger partial charge in [-0.05, 0) is 39.7 Å². The predicted molar refractivity (Wildman–Crippen MR) is 94.9 cm³/mol. The van der Waals surface area contributed by atoms with Crippen molar-refractivity contribution in [2.45, 2.75) is 41.0 Å². The smallest absolute Gasteiger partial charge is 0.350 e. The van der Waals surface area contributed by atoms with Gasteiger partial charge in [-0.2, -0.15) is 0 Å². The molecule has 0 amide bonds. The van der Waals surface area contributed by atoms with Gasteiger partial charge < -0.3 is 14.8 Å². The van der Waals surface area contributed by atoms with Crippen molar-refractivity contribution in [2.75, 3.05) is 19.0 Å². The van der Waals surface area contributed by atoms with Crippen LogP contribution in [-0.2, 0) is 9.53 Å². The minimum atomic E-state index is -0.375. The molecule has 0 spiro atoms. The van der Waals surface area contributed by atoms with Crippen LogP contribution >= 0.6 is 11.3 Å². The van der Waals surface area contributed by atoms with Crippen LogP contribution in [0, 0.1) is 23.2 Å². The fraction of sp³-hybridized carbons (Fsp3) is 0.556. The first-order valence-electron chi connectivity index (χ1n) is 7.61. The van der Waals surface area contributed by atoms with E-state index in [0.29, 0.717) is 17.8 Å². The van der Waals surface area contributed by atoms with Crippen molar-refractivity contribution in [3.8, 4) is 11.8 Å². The molecule has 0 aliphatic carbocycles. The van der Waals surface area contributed by atoms with Crippen molar-refractivity contribution in [1.82, 2.24) is 0 Å². The molecule has 1 atom stereocenters. The topological polar surface area (TPSA) is 55.4 Å². The zero-order valence-electron chi connectivity index (χ0n) is 14.7. The Hall–Kier alpha value is -1.80. The quantitative estimate of drug-likeness (QED) is 0.631. The molecule has 0 aliphatic rings. The molecular weight excluding hydrogens is 310 g/mol. The van der Waals surface area contributed by atoms with E-state index in [9.17, 15) is 9.59 Å². The summed E-state index contributed by atoms with van der Waals surface area (Å²) < 4.78 is 4.84. The monoisotopic (exact) mass is 335 g/mol. The van der Waals surface area contributed by atoms with Gasteiger partial charge in [-0.15, -0.1) is 11.3 Å². The maximum Gasteiger partial charge on any atom is 0.350 e. The number of anilines is 1. The third kappa shape index (κ3) is 6.87. The van der Waals surface area contributed by atoms with Gasteiger partial charge in [0.15, 0.2) is 0 Å². The maximum atomic E-state index is 11.9. The number of ketones is 1. The number of esters is 1. The van der Waals surface area contributed by atoms with E-state index in [1.54, 1.807) is 6.92 Å². The van der Waals surface area contributed by atoms with E-state index < -0.39 is 0 Å². The number of methoxy groups -OCH3 is 1. The van der Waals surface area contributed by atoms with Crippen LogP contribution in [0.15, 0.2) is 6.07 Å². The highest BCUT2D eigenvalue weighted by Crippen LogP contribution is 2.28. The van der Waals surface area contributed by atoms with Crippen molar-refractivity contribution < 1.29 is 14.3 Å². The molecule has 126 valence electrons.